The van der Waals surface area contributed by atoms with Crippen LogP contribution in [-0.4, -0.2) is 7.11 Å². The van der Waals surface area contributed by atoms with Gasteiger partial charge in [-0.25, -0.2) is 0 Å². The Balaban J connectivity index is 0.000000535. The largest absolute Gasteiger partial charge is 2.00 e. The van der Waals surface area contributed by atoms with Gasteiger partial charge in [0, 0.05) is 0 Å². The summed E-state index contributed by atoms with van der Waals surface area (Å²) in [6.45, 7) is 4.12. The fraction of sp³-hybridized carbons (Fsp3) is 0.150. The van der Waals surface area contributed by atoms with E-state index in [0.717, 1.165) is 17.2 Å². The van der Waals surface area contributed by atoms with Gasteiger partial charge in [0.2, 0.25) is 0 Å². The van der Waals surface area contributed by atoms with Crippen molar-refractivity contribution in [1.82, 2.24) is 0 Å². The van der Waals surface area contributed by atoms with Crippen LogP contribution in [0, 0.1) is 46.0 Å². The summed E-state index contributed by atoms with van der Waals surface area (Å²) < 4.78 is 70.3. The van der Waals surface area contributed by atoms with Gasteiger partial charge < -0.3 is 9.47 Å². The first kappa shape index (κ1) is 28.6. The molecule has 1 saturated carbocycles. The zero-order valence-electron chi connectivity index (χ0n) is 16.3. The van der Waals surface area contributed by atoms with E-state index in [-0.39, 0.29) is 17.1 Å². The van der Waals surface area contributed by atoms with Crippen molar-refractivity contribution in [3.05, 3.63) is 85.7 Å². The summed E-state index contributed by atoms with van der Waals surface area (Å²) in [5, 5.41) is 0. The number of hydrogen-bond acceptors (Lipinski definition) is 2. The molecule has 0 N–H and O–H groups in total. The van der Waals surface area contributed by atoms with Gasteiger partial charge in [-0.2, -0.15) is 0 Å². The van der Waals surface area contributed by atoms with Gasteiger partial charge in [0.1, 0.15) is 5.75 Å². The minimum absolute atomic E-state index is 0. The molecule has 2 nitrogen and oxygen atoms in total. The van der Waals surface area contributed by atoms with Crippen molar-refractivity contribution in [3.8, 4) is 17.2 Å². The van der Waals surface area contributed by atoms with E-state index in [2.05, 4.69) is 19.9 Å². The second-order valence-corrected chi connectivity index (χ2v) is 7.91. The molecule has 167 valence electrons. The average molecular weight is 494 g/mol. The Bertz CT molecular complexity index is 754. The number of rotatable bonds is 3. The molecule has 0 aromatic heterocycles. The molecular weight excluding hydrogens is 473 g/mol. The molecular formula is C20H21F6FeO2P+. The van der Waals surface area contributed by atoms with Crippen LogP contribution in [0.4, 0.5) is 25.2 Å². The maximum absolute atomic E-state index is 10.7. The van der Waals surface area contributed by atoms with Crippen LogP contribution < -0.4 is 9.47 Å². The topological polar surface area (TPSA) is 18.5 Å². The van der Waals surface area contributed by atoms with Crippen molar-refractivity contribution >= 4 is 7.81 Å². The third-order valence-electron chi connectivity index (χ3n) is 3.05. The van der Waals surface area contributed by atoms with Gasteiger partial charge in [0.05, 0.1) is 7.11 Å². The Morgan fingerprint density at radius 1 is 0.667 bits per heavy atom. The average Bonchev–Trinajstić information content (AvgIpc) is 3.11. The molecule has 1 fully saturated rings. The van der Waals surface area contributed by atoms with Crippen molar-refractivity contribution in [1.29, 1.82) is 0 Å². The number of hydrogen-bond donors (Lipinski definition) is 0. The van der Waals surface area contributed by atoms with E-state index in [0.29, 0.717) is 0 Å². The summed E-state index contributed by atoms with van der Waals surface area (Å²) in [4.78, 5) is 0. The number of halogens is 6. The van der Waals surface area contributed by atoms with Crippen molar-refractivity contribution in [3.63, 3.8) is 0 Å². The van der Waals surface area contributed by atoms with Gasteiger partial charge >= 0.3 is 50.1 Å². The first-order chi connectivity index (χ1) is 13.1. The quantitative estimate of drug-likeness (QED) is 0.242. The third kappa shape index (κ3) is 16.4. The molecule has 0 spiro atoms. The van der Waals surface area contributed by atoms with E-state index in [1.54, 1.807) is 7.11 Å². The summed E-state index contributed by atoms with van der Waals surface area (Å²) in [7, 11) is -9.01. The SMILES string of the molecule is COc1ccccc1Oc1cc(C)cc(C)c1.F[P-](F)(F)(F)(F)F.[CH]1[CH][CH][CH][CH]1.[Fe+2]. The van der Waals surface area contributed by atoms with Crippen LogP contribution in [0.25, 0.3) is 0 Å². The Hall–Kier alpha value is -1.43. The molecule has 3 rings (SSSR count). The molecule has 0 heterocycles. The maximum atomic E-state index is 9.87. The van der Waals surface area contributed by atoms with E-state index in [1.807, 2.05) is 68.5 Å². The van der Waals surface area contributed by atoms with Crippen molar-refractivity contribution in [2.45, 2.75) is 13.8 Å². The molecule has 30 heavy (non-hydrogen) atoms. The fourth-order valence-corrected chi connectivity index (χ4v) is 2.14. The van der Waals surface area contributed by atoms with Crippen LogP contribution in [-0.2, 0) is 17.1 Å². The van der Waals surface area contributed by atoms with Crippen molar-refractivity contribution in [2.24, 2.45) is 0 Å². The van der Waals surface area contributed by atoms with Crippen LogP contribution in [0.15, 0.2) is 42.5 Å². The molecule has 0 saturated heterocycles. The van der Waals surface area contributed by atoms with Gasteiger partial charge in [0.25, 0.3) is 0 Å². The molecule has 2 aromatic rings. The molecule has 0 bridgehead atoms. The third-order valence-corrected chi connectivity index (χ3v) is 3.05. The van der Waals surface area contributed by atoms with E-state index in [4.69, 9.17) is 9.47 Å². The van der Waals surface area contributed by atoms with Crippen LogP contribution in [0.3, 0.4) is 0 Å². The zero-order chi connectivity index (χ0) is 22.2. The molecule has 5 radical (unpaired) electrons. The normalized spacial score (nSPS) is 15.1. The second kappa shape index (κ2) is 10.7. The van der Waals surface area contributed by atoms with Crippen LogP contribution in [0.1, 0.15) is 11.1 Å². The predicted octanol–water partition coefficient (Wildman–Crippen LogP) is 8.51. The number of aryl methyl sites for hydroxylation is 2. The molecule has 10 heteroatoms. The minimum Gasteiger partial charge on any atom is -0.0312 e. The summed E-state index contributed by atoms with van der Waals surface area (Å²) in [5.74, 6) is 2.32. The first-order valence-corrected chi connectivity index (χ1v) is 10.3. The van der Waals surface area contributed by atoms with Crippen LogP contribution in [0.2, 0.25) is 0 Å². The Kier molecular flexibility index (Phi) is 10.2. The molecule has 2 aromatic carbocycles. The van der Waals surface area contributed by atoms with Gasteiger partial charge in [-0.15, -0.1) is 0 Å². The molecule has 0 atom stereocenters. The van der Waals surface area contributed by atoms with Crippen molar-refractivity contribution in [2.75, 3.05) is 7.11 Å². The van der Waals surface area contributed by atoms with Gasteiger partial charge in [0.15, 0.2) is 11.5 Å². The second-order valence-electron chi connectivity index (χ2n) is 6.00. The van der Waals surface area contributed by atoms with Gasteiger partial charge in [-0.05, 0) is 81.3 Å². The Labute approximate surface area is 183 Å². The van der Waals surface area contributed by atoms with E-state index >= 15 is 0 Å². The smallest absolute Gasteiger partial charge is 0.0312 e. The van der Waals surface area contributed by atoms with E-state index in [1.165, 1.54) is 11.1 Å². The molecule has 1 aliphatic carbocycles. The summed E-state index contributed by atoms with van der Waals surface area (Å²) in [5.41, 5.74) is 2.38. The Morgan fingerprint density at radius 3 is 1.40 bits per heavy atom. The first-order valence-electron chi connectivity index (χ1n) is 8.26. The Morgan fingerprint density at radius 2 is 1.03 bits per heavy atom. The summed E-state index contributed by atoms with van der Waals surface area (Å²) in [6, 6.07) is 13.8. The minimum atomic E-state index is -10.7. The van der Waals surface area contributed by atoms with Crippen LogP contribution in [0.5, 0.6) is 17.2 Å². The van der Waals surface area contributed by atoms with E-state index in [9.17, 15) is 25.2 Å². The number of benzene rings is 2. The molecule has 1 aliphatic rings. The standard InChI is InChI=1S/C15H16O2.C5H5.F6P.Fe/c1-11-8-12(2)10-13(9-11)17-15-7-5-4-6-14(15)16-3;1-2-4-5-3-1;1-7(2,3,4,5)6;/h4-10H,1-3H3;1-5H;;/q;;-1;+2. The zero-order valence-corrected chi connectivity index (χ0v) is 18.3. The fourth-order valence-electron chi connectivity index (χ4n) is 2.14. The van der Waals surface area contributed by atoms with Crippen molar-refractivity contribution < 1.29 is 51.7 Å². The van der Waals surface area contributed by atoms with Crippen LogP contribution >= 0.6 is 7.81 Å². The summed E-state index contributed by atoms with van der Waals surface area (Å²) >= 11 is 0. The number of methoxy groups -OCH3 is 1. The molecule has 0 aliphatic heterocycles. The molecule has 0 amide bonds. The molecule has 0 unspecified atom stereocenters. The monoisotopic (exact) mass is 494 g/mol. The predicted molar refractivity (Wildman–Crippen MR) is 104 cm³/mol. The maximum Gasteiger partial charge on any atom is 2.00 e. The van der Waals surface area contributed by atoms with E-state index < -0.39 is 7.81 Å². The number of para-hydroxylation sites is 2. The van der Waals surface area contributed by atoms with Gasteiger partial charge in [-0.3, -0.25) is 0 Å². The van der Waals surface area contributed by atoms with Gasteiger partial charge in [-0.1, -0.05) is 18.2 Å². The summed E-state index contributed by atoms with van der Waals surface area (Å²) in [6.07, 6.45) is 10.0. The number of ether oxygens (including phenoxy) is 2.